The van der Waals surface area contributed by atoms with Crippen LogP contribution in [0.3, 0.4) is 0 Å². The van der Waals surface area contributed by atoms with Crippen LogP contribution in [0.25, 0.3) is 0 Å². The van der Waals surface area contributed by atoms with Crippen LogP contribution in [0, 0.1) is 5.92 Å². The Morgan fingerprint density at radius 2 is 1.88 bits per heavy atom. The van der Waals surface area contributed by atoms with Crippen molar-refractivity contribution in [2.75, 3.05) is 12.3 Å². The first kappa shape index (κ1) is 20.9. The van der Waals surface area contributed by atoms with Gasteiger partial charge in [-0.3, -0.25) is 4.79 Å². The highest BCUT2D eigenvalue weighted by atomic mass is 35.5. The third-order valence-electron chi connectivity index (χ3n) is 4.39. The van der Waals surface area contributed by atoms with Gasteiger partial charge in [-0.25, -0.2) is 13.1 Å². The van der Waals surface area contributed by atoms with Crippen molar-refractivity contribution in [2.45, 2.75) is 38.8 Å². The maximum atomic E-state index is 12.3. The van der Waals surface area contributed by atoms with Crippen molar-refractivity contribution in [1.82, 2.24) is 10.0 Å². The number of nitrogens with two attached hydrogens (primary N) is 1. The molecule has 2 rings (SSSR count). The third-order valence-corrected chi connectivity index (χ3v) is 5.74. The van der Waals surface area contributed by atoms with Gasteiger partial charge in [0.25, 0.3) is 5.91 Å². The lowest BCUT2D eigenvalue weighted by Gasteiger charge is -2.29. The lowest BCUT2D eigenvalue weighted by atomic mass is 9.95. The van der Waals surface area contributed by atoms with Gasteiger partial charge in [-0.05, 0) is 50.3 Å². The number of nitrogens with one attached hydrogen (secondary N) is 2. The molecule has 1 aromatic carbocycles. The molecule has 1 aliphatic rings. The average molecular weight is 376 g/mol. The lowest BCUT2D eigenvalue weighted by molar-refractivity contribution is 0.0898. The van der Waals surface area contributed by atoms with Gasteiger partial charge in [0, 0.05) is 18.7 Å². The van der Waals surface area contributed by atoms with Gasteiger partial charge in [0.2, 0.25) is 10.0 Å². The van der Waals surface area contributed by atoms with Crippen LogP contribution in [-0.4, -0.2) is 32.2 Å². The molecule has 24 heavy (non-hydrogen) atoms. The first-order valence-corrected chi connectivity index (χ1v) is 9.54. The molecule has 136 valence electrons. The number of carbonyl (C=O) groups excluding carboxylic acids is 1. The monoisotopic (exact) mass is 375 g/mol. The van der Waals surface area contributed by atoms with E-state index in [1.54, 1.807) is 31.2 Å². The Kier molecular flexibility index (Phi) is 7.22. The summed E-state index contributed by atoms with van der Waals surface area (Å²) in [7, 11) is -3.22. The van der Waals surface area contributed by atoms with Gasteiger partial charge in [-0.1, -0.05) is 12.1 Å². The molecule has 1 saturated carbocycles. The number of amides is 1. The van der Waals surface area contributed by atoms with E-state index in [1.165, 1.54) is 0 Å². The third kappa shape index (κ3) is 5.44. The van der Waals surface area contributed by atoms with Crippen LogP contribution in [0.4, 0.5) is 0 Å². The van der Waals surface area contributed by atoms with Gasteiger partial charge >= 0.3 is 0 Å². The molecule has 0 spiro atoms. The van der Waals surface area contributed by atoms with Gasteiger partial charge < -0.3 is 11.1 Å². The molecule has 1 amide bonds. The van der Waals surface area contributed by atoms with Gasteiger partial charge in [-0.2, -0.15) is 0 Å². The topological polar surface area (TPSA) is 101 Å². The average Bonchev–Trinajstić information content (AvgIpc) is 3.38. The minimum absolute atomic E-state index is 0. The SMILES string of the molecule is CCS(=O)(=O)NCc1ccc(C(=O)NC(C)(CN)C2CC2)cc1.Cl. The lowest BCUT2D eigenvalue weighted by Crippen LogP contribution is -2.53. The summed E-state index contributed by atoms with van der Waals surface area (Å²) in [6.45, 7) is 4.21. The molecule has 0 aromatic heterocycles. The number of rotatable bonds is 8. The highest BCUT2D eigenvalue weighted by molar-refractivity contribution is 7.89. The predicted molar refractivity (Wildman–Crippen MR) is 97.6 cm³/mol. The van der Waals surface area contributed by atoms with Crippen molar-refractivity contribution in [3.05, 3.63) is 35.4 Å². The second-order valence-electron chi connectivity index (χ2n) is 6.27. The van der Waals surface area contributed by atoms with Gasteiger partial charge in [0.15, 0.2) is 0 Å². The van der Waals surface area contributed by atoms with E-state index in [2.05, 4.69) is 10.0 Å². The molecular weight excluding hydrogens is 350 g/mol. The standard InChI is InChI=1S/C16H25N3O3S.ClH/c1-3-23(21,22)18-10-12-4-6-13(7-5-12)15(20)19-16(2,11-17)14-8-9-14;/h4-7,14,18H,3,8-11,17H2,1-2H3,(H,19,20);1H. The summed E-state index contributed by atoms with van der Waals surface area (Å²) >= 11 is 0. The predicted octanol–water partition coefficient (Wildman–Crippen LogP) is 1.40. The summed E-state index contributed by atoms with van der Waals surface area (Å²) in [6.07, 6.45) is 2.20. The van der Waals surface area contributed by atoms with Gasteiger partial charge in [-0.15, -0.1) is 12.4 Å². The minimum Gasteiger partial charge on any atom is -0.345 e. The summed E-state index contributed by atoms with van der Waals surface area (Å²) in [5, 5.41) is 3.03. The molecule has 4 N–H and O–H groups in total. The normalized spacial score (nSPS) is 16.8. The molecule has 0 heterocycles. The molecule has 0 bridgehead atoms. The number of carbonyl (C=O) groups is 1. The van der Waals surface area contributed by atoms with Crippen molar-refractivity contribution in [3.8, 4) is 0 Å². The van der Waals surface area contributed by atoms with Crippen LogP contribution < -0.4 is 15.8 Å². The van der Waals surface area contributed by atoms with Crippen LogP contribution in [0.5, 0.6) is 0 Å². The van der Waals surface area contributed by atoms with Crippen molar-refractivity contribution in [1.29, 1.82) is 0 Å². The number of halogens is 1. The molecule has 1 aromatic rings. The first-order valence-electron chi connectivity index (χ1n) is 7.88. The van der Waals surface area contributed by atoms with E-state index in [4.69, 9.17) is 5.73 Å². The van der Waals surface area contributed by atoms with Crippen LogP contribution >= 0.6 is 12.4 Å². The Hall–Kier alpha value is -1.15. The van der Waals surface area contributed by atoms with Crippen molar-refractivity contribution >= 4 is 28.3 Å². The van der Waals surface area contributed by atoms with Crippen LogP contribution in [0.15, 0.2) is 24.3 Å². The second kappa shape index (κ2) is 8.29. The van der Waals surface area contributed by atoms with Crippen LogP contribution in [-0.2, 0) is 16.6 Å². The maximum absolute atomic E-state index is 12.3. The molecule has 0 radical (unpaired) electrons. The molecule has 8 heteroatoms. The van der Waals surface area contributed by atoms with Crippen molar-refractivity contribution in [2.24, 2.45) is 11.7 Å². The second-order valence-corrected chi connectivity index (χ2v) is 8.37. The largest absolute Gasteiger partial charge is 0.345 e. The fourth-order valence-electron chi connectivity index (χ4n) is 2.44. The van der Waals surface area contributed by atoms with Crippen LogP contribution in [0.1, 0.15) is 42.6 Å². The number of sulfonamides is 1. The number of hydrogen-bond acceptors (Lipinski definition) is 4. The summed E-state index contributed by atoms with van der Waals surface area (Å²) in [5.74, 6) is 0.358. The quantitative estimate of drug-likeness (QED) is 0.639. The summed E-state index contributed by atoms with van der Waals surface area (Å²) in [4.78, 5) is 12.3. The molecule has 0 saturated heterocycles. The minimum atomic E-state index is -3.22. The van der Waals surface area contributed by atoms with E-state index in [0.29, 0.717) is 18.0 Å². The first-order chi connectivity index (χ1) is 10.8. The Balaban J connectivity index is 0.00000288. The van der Waals surface area contributed by atoms with E-state index in [1.807, 2.05) is 6.92 Å². The van der Waals surface area contributed by atoms with E-state index < -0.39 is 10.0 Å². The highest BCUT2D eigenvalue weighted by Gasteiger charge is 2.41. The van der Waals surface area contributed by atoms with Gasteiger partial charge in [0.1, 0.15) is 0 Å². The molecule has 6 nitrogen and oxygen atoms in total. The molecule has 1 atom stereocenters. The molecule has 1 unspecified atom stereocenters. The summed E-state index contributed by atoms with van der Waals surface area (Å²) in [5.41, 5.74) is 6.81. The Morgan fingerprint density at radius 3 is 2.33 bits per heavy atom. The van der Waals surface area contributed by atoms with Crippen molar-refractivity contribution in [3.63, 3.8) is 0 Å². The van der Waals surface area contributed by atoms with E-state index >= 15 is 0 Å². The fourth-order valence-corrected chi connectivity index (χ4v) is 3.03. The maximum Gasteiger partial charge on any atom is 0.251 e. The molecule has 0 aliphatic heterocycles. The smallest absolute Gasteiger partial charge is 0.251 e. The number of hydrogen-bond donors (Lipinski definition) is 3. The highest BCUT2D eigenvalue weighted by Crippen LogP contribution is 2.39. The molecule has 1 fully saturated rings. The van der Waals surface area contributed by atoms with Crippen molar-refractivity contribution < 1.29 is 13.2 Å². The summed E-state index contributed by atoms with van der Waals surface area (Å²) in [6, 6.07) is 6.91. The zero-order valence-electron chi connectivity index (χ0n) is 14.0. The van der Waals surface area contributed by atoms with E-state index in [-0.39, 0.29) is 36.2 Å². The zero-order chi connectivity index (χ0) is 17.1. The Bertz CT molecular complexity index is 660. The van der Waals surface area contributed by atoms with Gasteiger partial charge in [0.05, 0.1) is 11.3 Å². The fraction of sp³-hybridized carbons (Fsp3) is 0.562. The summed E-state index contributed by atoms with van der Waals surface area (Å²) < 4.78 is 25.3. The Labute approximate surface area is 150 Å². The van der Waals surface area contributed by atoms with E-state index in [9.17, 15) is 13.2 Å². The number of benzene rings is 1. The van der Waals surface area contributed by atoms with E-state index in [0.717, 1.165) is 18.4 Å². The zero-order valence-corrected chi connectivity index (χ0v) is 15.7. The molecular formula is C16H26ClN3O3S. The van der Waals surface area contributed by atoms with Crippen LogP contribution in [0.2, 0.25) is 0 Å². The Morgan fingerprint density at radius 1 is 1.29 bits per heavy atom. The molecule has 1 aliphatic carbocycles.